The van der Waals surface area contributed by atoms with E-state index in [-0.39, 0.29) is 17.6 Å². The zero-order chi connectivity index (χ0) is 23.3. The summed E-state index contributed by atoms with van der Waals surface area (Å²) >= 11 is 0. The number of piperidine rings is 1. The van der Waals surface area contributed by atoms with Crippen LogP contribution in [0.15, 0.2) is 83.5 Å². The molecule has 3 heterocycles. The van der Waals surface area contributed by atoms with Crippen LogP contribution in [0, 0.1) is 5.82 Å². The van der Waals surface area contributed by atoms with Crippen molar-refractivity contribution in [1.29, 1.82) is 0 Å². The maximum Gasteiger partial charge on any atom is 0.255 e. The van der Waals surface area contributed by atoms with Crippen molar-refractivity contribution in [2.75, 3.05) is 13.1 Å². The number of rotatable bonds is 6. The fourth-order valence-corrected chi connectivity index (χ4v) is 4.40. The molecule has 1 aliphatic rings. The number of carbonyl (C=O) groups is 1. The van der Waals surface area contributed by atoms with Crippen LogP contribution in [0.1, 0.15) is 57.6 Å². The molecule has 34 heavy (non-hydrogen) atoms. The van der Waals surface area contributed by atoms with Gasteiger partial charge in [-0.3, -0.25) is 9.78 Å². The van der Waals surface area contributed by atoms with Crippen LogP contribution in [0.2, 0.25) is 0 Å². The quantitative estimate of drug-likeness (QED) is 0.390. The average Bonchev–Trinajstić information content (AvgIpc) is 3.35. The van der Waals surface area contributed by atoms with Crippen LogP contribution in [0.3, 0.4) is 0 Å². The average molecular weight is 456 g/mol. The van der Waals surface area contributed by atoms with Gasteiger partial charge in [-0.05, 0) is 48.2 Å². The summed E-state index contributed by atoms with van der Waals surface area (Å²) in [6.45, 7) is 1.28. The molecule has 5 nitrogen and oxygen atoms in total. The number of hydrogen-bond acceptors (Lipinski definition) is 4. The van der Waals surface area contributed by atoms with E-state index in [1.165, 1.54) is 17.7 Å². The largest absolute Gasteiger partial charge is 0.445 e. The van der Waals surface area contributed by atoms with Crippen LogP contribution in [0.4, 0.5) is 4.39 Å². The molecular formula is C28H26FN3O2. The van der Waals surface area contributed by atoms with Crippen LogP contribution in [0.25, 0.3) is 0 Å². The highest BCUT2D eigenvalue weighted by molar-refractivity contribution is 5.94. The lowest BCUT2D eigenvalue weighted by atomic mass is 9.97. The van der Waals surface area contributed by atoms with Crippen molar-refractivity contribution in [2.45, 2.75) is 31.6 Å². The number of pyridine rings is 1. The van der Waals surface area contributed by atoms with Gasteiger partial charge in [0.1, 0.15) is 11.6 Å². The first kappa shape index (κ1) is 22.0. The summed E-state index contributed by atoms with van der Waals surface area (Å²) in [6, 6.07) is 20.3. The Bertz CT molecular complexity index is 1240. The van der Waals surface area contributed by atoms with E-state index in [2.05, 4.69) is 22.1 Å². The molecule has 0 N–H and O–H groups in total. The van der Waals surface area contributed by atoms with E-state index in [0.29, 0.717) is 31.0 Å². The fourth-order valence-electron chi connectivity index (χ4n) is 4.40. The lowest BCUT2D eigenvalue weighted by Crippen LogP contribution is -2.39. The van der Waals surface area contributed by atoms with Gasteiger partial charge < -0.3 is 9.32 Å². The lowest BCUT2D eigenvalue weighted by Gasteiger charge is -2.31. The molecule has 2 aromatic heterocycles. The second kappa shape index (κ2) is 10.00. The molecule has 0 saturated carbocycles. The zero-order valence-corrected chi connectivity index (χ0v) is 18.9. The van der Waals surface area contributed by atoms with Gasteiger partial charge in [-0.15, -0.1) is 0 Å². The highest BCUT2D eigenvalue weighted by atomic mass is 19.1. The third-order valence-electron chi connectivity index (χ3n) is 6.22. The molecule has 0 spiro atoms. The van der Waals surface area contributed by atoms with Crippen LogP contribution in [0.5, 0.6) is 0 Å². The topological polar surface area (TPSA) is 59.2 Å². The molecule has 2 aromatic carbocycles. The standard InChI is InChI=1S/C28H26FN3O2/c29-24-11-8-21(9-12-24)16-26-18-31-27(34-26)23-7-4-14-32(19-23)28(33)22-10-13-25(30-17-22)15-20-5-2-1-3-6-20/h1-3,5-6,8-13,17-18,23H,4,7,14-16,19H2/t23-/m1/s1. The van der Waals surface area contributed by atoms with E-state index in [1.807, 2.05) is 35.2 Å². The van der Waals surface area contributed by atoms with Crippen molar-refractivity contribution in [3.05, 3.63) is 119 Å². The normalized spacial score (nSPS) is 15.9. The summed E-state index contributed by atoms with van der Waals surface area (Å²) < 4.78 is 19.1. The minimum absolute atomic E-state index is 0.0125. The third kappa shape index (κ3) is 5.22. The van der Waals surface area contributed by atoms with E-state index >= 15 is 0 Å². The predicted molar refractivity (Wildman–Crippen MR) is 127 cm³/mol. The number of hydrogen-bond donors (Lipinski definition) is 0. The molecule has 1 fully saturated rings. The SMILES string of the molecule is O=C(c1ccc(Cc2ccccc2)nc1)N1CCC[C@@H](c2ncc(Cc3ccc(F)cc3)o2)C1. The summed E-state index contributed by atoms with van der Waals surface area (Å²) in [4.78, 5) is 24.0. The Morgan fingerprint density at radius 3 is 2.50 bits per heavy atom. The first-order valence-corrected chi connectivity index (χ1v) is 11.6. The van der Waals surface area contributed by atoms with E-state index < -0.39 is 0 Å². The Balaban J connectivity index is 1.21. The highest BCUT2D eigenvalue weighted by Gasteiger charge is 2.28. The van der Waals surface area contributed by atoms with Crippen molar-refractivity contribution in [1.82, 2.24) is 14.9 Å². The zero-order valence-electron chi connectivity index (χ0n) is 18.9. The van der Waals surface area contributed by atoms with Crippen LogP contribution in [-0.2, 0) is 12.8 Å². The molecule has 4 aromatic rings. The molecule has 172 valence electrons. The maximum absolute atomic E-state index is 13.1. The smallest absolute Gasteiger partial charge is 0.255 e. The molecule has 0 radical (unpaired) electrons. The van der Waals surface area contributed by atoms with Gasteiger partial charge in [0.15, 0.2) is 5.89 Å². The van der Waals surface area contributed by atoms with Gasteiger partial charge in [-0.25, -0.2) is 9.37 Å². The number of benzene rings is 2. The van der Waals surface area contributed by atoms with Gasteiger partial charge in [0, 0.05) is 37.8 Å². The number of amides is 1. The van der Waals surface area contributed by atoms with E-state index in [4.69, 9.17) is 4.42 Å². The molecule has 5 rings (SSSR count). The number of aromatic nitrogens is 2. The van der Waals surface area contributed by atoms with Crippen molar-refractivity contribution in [3.8, 4) is 0 Å². The third-order valence-corrected chi connectivity index (χ3v) is 6.22. The Hall–Kier alpha value is -3.80. The first-order chi connectivity index (χ1) is 16.6. The molecule has 1 aliphatic heterocycles. The number of carbonyl (C=O) groups excluding carboxylic acids is 1. The Morgan fingerprint density at radius 2 is 1.74 bits per heavy atom. The molecule has 1 atom stereocenters. The monoisotopic (exact) mass is 455 g/mol. The molecule has 6 heteroatoms. The van der Waals surface area contributed by atoms with E-state index in [0.717, 1.165) is 36.3 Å². The molecule has 1 saturated heterocycles. The Labute approximate surface area is 198 Å². The molecule has 0 aliphatic carbocycles. The van der Waals surface area contributed by atoms with Crippen LogP contribution >= 0.6 is 0 Å². The Kier molecular flexibility index (Phi) is 6.47. The van der Waals surface area contributed by atoms with Gasteiger partial charge >= 0.3 is 0 Å². The minimum Gasteiger partial charge on any atom is -0.445 e. The van der Waals surface area contributed by atoms with Gasteiger partial charge in [0.25, 0.3) is 5.91 Å². The van der Waals surface area contributed by atoms with Crippen molar-refractivity contribution < 1.29 is 13.6 Å². The second-order valence-electron chi connectivity index (χ2n) is 8.76. The lowest BCUT2D eigenvalue weighted by molar-refractivity contribution is 0.0697. The number of oxazole rings is 1. The summed E-state index contributed by atoms with van der Waals surface area (Å²) in [5, 5.41) is 0. The van der Waals surface area contributed by atoms with Crippen LogP contribution in [-0.4, -0.2) is 33.9 Å². The van der Waals surface area contributed by atoms with Crippen LogP contribution < -0.4 is 0 Å². The molecule has 1 amide bonds. The molecule has 0 bridgehead atoms. The summed E-state index contributed by atoms with van der Waals surface area (Å²) in [7, 11) is 0. The summed E-state index contributed by atoms with van der Waals surface area (Å²) in [6.07, 6.45) is 6.53. The molecular weight excluding hydrogens is 429 g/mol. The first-order valence-electron chi connectivity index (χ1n) is 11.6. The summed E-state index contributed by atoms with van der Waals surface area (Å²) in [5.41, 5.74) is 3.69. The van der Waals surface area contributed by atoms with E-state index in [1.54, 1.807) is 24.5 Å². The number of nitrogens with zero attached hydrogens (tertiary/aromatic N) is 3. The molecule has 0 unspecified atom stereocenters. The summed E-state index contributed by atoms with van der Waals surface area (Å²) in [5.74, 6) is 1.19. The highest BCUT2D eigenvalue weighted by Crippen LogP contribution is 2.28. The van der Waals surface area contributed by atoms with E-state index in [9.17, 15) is 9.18 Å². The van der Waals surface area contributed by atoms with Crippen molar-refractivity contribution >= 4 is 5.91 Å². The minimum atomic E-state index is -0.255. The maximum atomic E-state index is 13.1. The number of likely N-dealkylation sites (tertiary alicyclic amines) is 1. The second-order valence-corrected chi connectivity index (χ2v) is 8.76. The van der Waals surface area contributed by atoms with Crippen molar-refractivity contribution in [2.24, 2.45) is 0 Å². The van der Waals surface area contributed by atoms with Gasteiger partial charge in [-0.2, -0.15) is 0 Å². The predicted octanol–water partition coefficient (Wildman–Crippen LogP) is 5.41. The van der Waals surface area contributed by atoms with Gasteiger partial charge in [-0.1, -0.05) is 42.5 Å². The Morgan fingerprint density at radius 1 is 0.941 bits per heavy atom. The number of halogens is 1. The fraction of sp³-hybridized carbons (Fsp3) is 0.250. The van der Waals surface area contributed by atoms with Crippen molar-refractivity contribution in [3.63, 3.8) is 0 Å². The van der Waals surface area contributed by atoms with Gasteiger partial charge in [0.05, 0.1) is 17.7 Å². The van der Waals surface area contributed by atoms with Gasteiger partial charge in [0.2, 0.25) is 0 Å².